The first-order valence-corrected chi connectivity index (χ1v) is 5.09. The summed E-state index contributed by atoms with van der Waals surface area (Å²) in [4.78, 5) is 24.0. The lowest BCUT2D eigenvalue weighted by atomic mass is 9.94. The van der Waals surface area contributed by atoms with Crippen LogP contribution < -0.4 is 0 Å². The summed E-state index contributed by atoms with van der Waals surface area (Å²) in [5, 5.41) is 22.7. The Morgan fingerprint density at radius 3 is 2.59 bits per heavy atom. The van der Waals surface area contributed by atoms with E-state index in [-0.39, 0.29) is 0 Å². The molecular weight excluding hydrogens is 226 g/mol. The predicted molar refractivity (Wildman–Crippen MR) is 55.9 cm³/mol. The van der Waals surface area contributed by atoms with Crippen molar-refractivity contribution in [3.8, 4) is 0 Å². The van der Waals surface area contributed by atoms with Crippen LogP contribution in [-0.2, 0) is 16.6 Å². The van der Waals surface area contributed by atoms with Crippen molar-refractivity contribution in [3.63, 3.8) is 0 Å². The first-order chi connectivity index (χ1) is 7.93. The summed E-state index contributed by atoms with van der Waals surface area (Å²) in [7, 11) is 3.18. The monoisotopic (exact) mass is 239 g/mol. The Kier molecular flexibility index (Phi) is 2.62. The van der Waals surface area contributed by atoms with E-state index < -0.39 is 29.9 Å². The number of nitrogens with zero attached hydrogens (tertiary/aromatic N) is 3. The number of aliphatic hydroxyl groups is 1. The lowest BCUT2D eigenvalue weighted by Crippen LogP contribution is -2.29. The maximum Gasteiger partial charge on any atom is 0.312 e. The number of likely N-dealkylation sites (tertiary alicyclic amines) is 1. The van der Waals surface area contributed by atoms with E-state index in [1.165, 1.54) is 22.8 Å². The standard InChI is InChI=1S/C10H13N3O4/c1-12-4-5(3-11-12)7-6(10(16)17)8(14)9(15)13(7)2/h3-4,6-8,14H,1-2H3,(H,16,17). The van der Waals surface area contributed by atoms with Gasteiger partial charge in [0.25, 0.3) is 5.91 Å². The fourth-order valence-corrected chi connectivity index (χ4v) is 2.21. The molecule has 7 nitrogen and oxygen atoms in total. The maximum atomic E-state index is 11.6. The lowest BCUT2D eigenvalue weighted by molar-refractivity contribution is -0.147. The van der Waals surface area contributed by atoms with E-state index in [9.17, 15) is 14.7 Å². The summed E-state index contributed by atoms with van der Waals surface area (Å²) >= 11 is 0. The van der Waals surface area contributed by atoms with Crippen LogP contribution in [0.5, 0.6) is 0 Å². The maximum absolute atomic E-state index is 11.6. The number of aliphatic hydroxyl groups excluding tert-OH is 1. The van der Waals surface area contributed by atoms with Gasteiger partial charge in [-0.15, -0.1) is 0 Å². The Morgan fingerprint density at radius 1 is 1.47 bits per heavy atom. The van der Waals surface area contributed by atoms with E-state index in [2.05, 4.69) is 5.10 Å². The number of aromatic nitrogens is 2. The summed E-state index contributed by atoms with van der Waals surface area (Å²) in [6.45, 7) is 0. The van der Waals surface area contributed by atoms with Gasteiger partial charge in [-0.3, -0.25) is 14.3 Å². The minimum atomic E-state index is -1.50. The van der Waals surface area contributed by atoms with Gasteiger partial charge in [-0.2, -0.15) is 5.10 Å². The van der Waals surface area contributed by atoms with Gasteiger partial charge in [0.15, 0.2) is 0 Å². The molecule has 0 bridgehead atoms. The molecular formula is C10H13N3O4. The third kappa shape index (κ3) is 1.68. The smallest absolute Gasteiger partial charge is 0.312 e. The number of carboxylic acids is 1. The topological polar surface area (TPSA) is 95.7 Å². The average Bonchev–Trinajstić information content (AvgIpc) is 2.76. The van der Waals surface area contributed by atoms with Crippen molar-refractivity contribution in [2.45, 2.75) is 12.1 Å². The van der Waals surface area contributed by atoms with Crippen molar-refractivity contribution in [1.82, 2.24) is 14.7 Å². The molecule has 1 aromatic heterocycles. The van der Waals surface area contributed by atoms with Crippen molar-refractivity contribution in [3.05, 3.63) is 18.0 Å². The number of rotatable bonds is 2. The van der Waals surface area contributed by atoms with Crippen molar-refractivity contribution in [1.29, 1.82) is 0 Å². The summed E-state index contributed by atoms with van der Waals surface area (Å²) in [6.07, 6.45) is 1.65. The molecule has 3 unspecified atom stereocenters. The molecule has 7 heteroatoms. The molecule has 3 atom stereocenters. The summed E-state index contributed by atoms with van der Waals surface area (Å²) < 4.78 is 1.53. The Morgan fingerprint density at radius 2 is 2.12 bits per heavy atom. The second kappa shape index (κ2) is 3.85. The molecule has 1 aliphatic rings. The Labute approximate surface area is 97.3 Å². The fourth-order valence-electron chi connectivity index (χ4n) is 2.21. The molecule has 1 aliphatic heterocycles. The van der Waals surface area contributed by atoms with Crippen molar-refractivity contribution < 1.29 is 19.8 Å². The number of likely N-dealkylation sites (N-methyl/N-ethyl adjacent to an activating group) is 1. The van der Waals surface area contributed by atoms with Crippen LogP contribution >= 0.6 is 0 Å². The Bertz CT molecular complexity index is 470. The second-order valence-corrected chi connectivity index (χ2v) is 4.15. The third-order valence-corrected chi connectivity index (χ3v) is 3.05. The van der Waals surface area contributed by atoms with Crippen LogP contribution in [0.4, 0.5) is 0 Å². The number of hydrogen-bond acceptors (Lipinski definition) is 4. The molecule has 0 aromatic carbocycles. The van der Waals surface area contributed by atoms with Crippen LogP contribution in [-0.4, -0.2) is 49.9 Å². The number of aliphatic carboxylic acids is 1. The van der Waals surface area contributed by atoms with Crippen LogP contribution in [0.3, 0.4) is 0 Å². The van der Waals surface area contributed by atoms with Crippen LogP contribution in [0.15, 0.2) is 12.4 Å². The quantitative estimate of drug-likeness (QED) is 0.689. The predicted octanol–water partition coefficient (Wildman–Crippen LogP) is -1.01. The minimum Gasteiger partial charge on any atom is -0.481 e. The van der Waals surface area contributed by atoms with Gasteiger partial charge in [0.2, 0.25) is 0 Å². The van der Waals surface area contributed by atoms with E-state index >= 15 is 0 Å². The highest BCUT2D eigenvalue weighted by atomic mass is 16.4. The van der Waals surface area contributed by atoms with Gasteiger partial charge in [-0.1, -0.05) is 0 Å². The average molecular weight is 239 g/mol. The summed E-state index contributed by atoms with van der Waals surface area (Å²) in [5.74, 6) is -2.92. The second-order valence-electron chi connectivity index (χ2n) is 4.15. The van der Waals surface area contributed by atoms with Crippen LogP contribution in [0.25, 0.3) is 0 Å². The van der Waals surface area contributed by atoms with E-state index in [0.29, 0.717) is 5.56 Å². The number of carbonyl (C=O) groups excluding carboxylic acids is 1. The molecule has 17 heavy (non-hydrogen) atoms. The van der Waals surface area contributed by atoms with Crippen molar-refractivity contribution in [2.24, 2.45) is 13.0 Å². The first-order valence-electron chi connectivity index (χ1n) is 5.09. The van der Waals surface area contributed by atoms with Gasteiger partial charge in [-0.25, -0.2) is 0 Å². The van der Waals surface area contributed by atoms with E-state index in [0.717, 1.165) is 0 Å². The summed E-state index contributed by atoms with van der Waals surface area (Å²) in [6, 6.07) is -0.677. The molecule has 1 aromatic rings. The highest BCUT2D eigenvalue weighted by molar-refractivity contribution is 5.91. The van der Waals surface area contributed by atoms with E-state index in [1.54, 1.807) is 13.2 Å². The minimum absolute atomic E-state index is 0.578. The number of aryl methyl sites for hydroxylation is 1. The van der Waals surface area contributed by atoms with Gasteiger partial charge in [0.1, 0.15) is 12.0 Å². The molecule has 0 saturated carbocycles. The van der Waals surface area contributed by atoms with Gasteiger partial charge >= 0.3 is 5.97 Å². The van der Waals surface area contributed by atoms with Crippen LogP contribution in [0.1, 0.15) is 11.6 Å². The van der Waals surface area contributed by atoms with Gasteiger partial charge < -0.3 is 15.1 Å². The third-order valence-electron chi connectivity index (χ3n) is 3.05. The molecule has 0 spiro atoms. The Balaban J connectivity index is 2.43. The van der Waals surface area contributed by atoms with Crippen LogP contribution in [0.2, 0.25) is 0 Å². The van der Waals surface area contributed by atoms with E-state index in [4.69, 9.17) is 5.11 Å². The first kappa shape index (κ1) is 11.6. The van der Waals surface area contributed by atoms with Gasteiger partial charge in [0.05, 0.1) is 12.2 Å². The van der Waals surface area contributed by atoms with Gasteiger partial charge in [0, 0.05) is 25.9 Å². The number of carbonyl (C=O) groups is 2. The summed E-state index contributed by atoms with van der Waals surface area (Å²) in [5.41, 5.74) is 0.604. The zero-order chi connectivity index (χ0) is 12.7. The van der Waals surface area contributed by atoms with E-state index in [1.807, 2.05) is 0 Å². The van der Waals surface area contributed by atoms with Crippen LogP contribution in [0, 0.1) is 5.92 Å². The SMILES string of the molecule is CN1C(=O)C(O)C(C(=O)O)C1c1cnn(C)c1. The molecule has 1 amide bonds. The zero-order valence-corrected chi connectivity index (χ0v) is 9.44. The highest BCUT2D eigenvalue weighted by Gasteiger charge is 2.50. The molecule has 0 radical (unpaired) electrons. The van der Waals surface area contributed by atoms with Gasteiger partial charge in [-0.05, 0) is 0 Å². The Hall–Kier alpha value is -1.89. The molecule has 0 aliphatic carbocycles. The number of amides is 1. The molecule has 92 valence electrons. The molecule has 2 rings (SSSR count). The molecule has 1 saturated heterocycles. The molecule has 2 N–H and O–H groups in total. The zero-order valence-electron chi connectivity index (χ0n) is 9.44. The van der Waals surface area contributed by atoms with Crippen molar-refractivity contribution >= 4 is 11.9 Å². The largest absolute Gasteiger partial charge is 0.481 e. The number of hydrogen-bond donors (Lipinski definition) is 2. The fraction of sp³-hybridized carbons (Fsp3) is 0.500. The van der Waals surface area contributed by atoms with Crippen molar-refractivity contribution in [2.75, 3.05) is 7.05 Å². The number of carboxylic acid groups (broad SMARTS) is 1. The molecule has 1 fully saturated rings. The molecule has 2 heterocycles. The highest BCUT2D eigenvalue weighted by Crippen LogP contribution is 2.37. The lowest BCUT2D eigenvalue weighted by Gasteiger charge is -2.21. The normalized spacial score (nSPS) is 28.8.